The van der Waals surface area contributed by atoms with E-state index in [2.05, 4.69) is 10.6 Å². The third-order valence-electron chi connectivity index (χ3n) is 3.78. The van der Waals surface area contributed by atoms with Crippen molar-refractivity contribution < 1.29 is 9.59 Å². The van der Waals surface area contributed by atoms with Crippen LogP contribution in [0.2, 0.25) is 0 Å². The highest BCUT2D eigenvalue weighted by atomic mass is 16.2. The predicted octanol–water partition coefficient (Wildman–Crippen LogP) is 0.835. The van der Waals surface area contributed by atoms with Crippen LogP contribution in [-0.4, -0.2) is 30.4 Å². The fourth-order valence-electron chi connectivity index (χ4n) is 1.82. The van der Waals surface area contributed by atoms with Gasteiger partial charge >= 0.3 is 0 Å². The third kappa shape index (κ3) is 5.55. The standard InChI is InChI=1S/C16H25N3O2/c1-12(2)16(3,11-17)19-15(21)10-18-14(20)9-13-7-5-4-6-8-13/h4-8,12H,9-11,17H2,1-3H3,(H,18,20)(H,19,21). The highest BCUT2D eigenvalue weighted by Crippen LogP contribution is 2.14. The second-order valence-electron chi connectivity index (χ2n) is 5.76. The normalized spacial score (nSPS) is 13.6. The van der Waals surface area contributed by atoms with Crippen molar-refractivity contribution in [2.75, 3.05) is 13.1 Å². The molecule has 116 valence electrons. The Labute approximate surface area is 126 Å². The second-order valence-corrected chi connectivity index (χ2v) is 5.76. The average Bonchev–Trinajstić information content (AvgIpc) is 2.46. The number of hydrogen-bond donors (Lipinski definition) is 3. The van der Waals surface area contributed by atoms with E-state index in [9.17, 15) is 9.59 Å². The van der Waals surface area contributed by atoms with Crippen LogP contribution in [0.3, 0.4) is 0 Å². The van der Waals surface area contributed by atoms with Crippen LogP contribution in [0.1, 0.15) is 26.3 Å². The van der Waals surface area contributed by atoms with Gasteiger partial charge in [-0.3, -0.25) is 9.59 Å². The van der Waals surface area contributed by atoms with E-state index < -0.39 is 5.54 Å². The molecule has 0 saturated heterocycles. The molecule has 1 atom stereocenters. The number of carbonyl (C=O) groups is 2. The number of amides is 2. The van der Waals surface area contributed by atoms with E-state index in [0.717, 1.165) is 5.56 Å². The molecular weight excluding hydrogens is 266 g/mol. The lowest BCUT2D eigenvalue weighted by Gasteiger charge is -2.33. The van der Waals surface area contributed by atoms with Gasteiger partial charge in [0.25, 0.3) is 0 Å². The molecule has 4 N–H and O–H groups in total. The molecule has 0 aliphatic heterocycles. The summed E-state index contributed by atoms with van der Waals surface area (Å²) in [4.78, 5) is 23.7. The van der Waals surface area contributed by atoms with Crippen LogP contribution >= 0.6 is 0 Å². The van der Waals surface area contributed by atoms with Gasteiger partial charge in [0.05, 0.1) is 18.5 Å². The number of carbonyl (C=O) groups excluding carboxylic acids is 2. The summed E-state index contributed by atoms with van der Waals surface area (Å²) in [5.74, 6) is -0.181. The number of nitrogens with one attached hydrogen (secondary N) is 2. The van der Waals surface area contributed by atoms with Gasteiger partial charge in [0.15, 0.2) is 0 Å². The van der Waals surface area contributed by atoms with Gasteiger partial charge in [-0.25, -0.2) is 0 Å². The van der Waals surface area contributed by atoms with E-state index in [1.165, 1.54) is 0 Å². The summed E-state index contributed by atoms with van der Waals surface area (Å²) in [7, 11) is 0. The van der Waals surface area contributed by atoms with Crippen LogP contribution in [0.4, 0.5) is 0 Å². The van der Waals surface area contributed by atoms with Crippen molar-refractivity contribution in [2.45, 2.75) is 32.7 Å². The van der Waals surface area contributed by atoms with Gasteiger partial charge < -0.3 is 16.4 Å². The first kappa shape index (κ1) is 17.2. The Morgan fingerprint density at radius 3 is 2.33 bits per heavy atom. The van der Waals surface area contributed by atoms with E-state index >= 15 is 0 Å². The quantitative estimate of drug-likeness (QED) is 0.696. The highest BCUT2D eigenvalue weighted by Gasteiger charge is 2.28. The largest absolute Gasteiger partial charge is 0.348 e. The predicted molar refractivity (Wildman–Crippen MR) is 83.6 cm³/mol. The van der Waals surface area contributed by atoms with Gasteiger partial charge in [0, 0.05) is 6.54 Å². The molecule has 1 aromatic carbocycles. The number of hydrogen-bond acceptors (Lipinski definition) is 3. The number of benzene rings is 1. The molecule has 0 bridgehead atoms. The van der Waals surface area contributed by atoms with Crippen molar-refractivity contribution in [1.82, 2.24) is 10.6 Å². The molecule has 21 heavy (non-hydrogen) atoms. The van der Waals surface area contributed by atoms with Crippen molar-refractivity contribution in [3.63, 3.8) is 0 Å². The van der Waals surface area contributed by atoms with Crippen LogP contribution in [0.5, 0.6) is 0 Å². The van der Waals surface area contributed by atoms with Crippen molar-refractivity contribution in [3.05, 3.63) is 35.9 Å². The van der Waals surface area contributed by atoms with E-state index in [-0.39, 0.29) is 30.7 Å². The summed E-state index contributed by atoms with van der Waals surface area (Å²) >= 11 is 0. The maximum absolute atomic E-state index is 11.9. The van der Waals surface area contributed by atoms with Gasteiger partial charge in [-0.2, -0.15) is 0 Å². The van der Waals surface area contributed by atoms with Gasteiger partial charge in [0.2, 0.25) is 11.8 Å². The average molecular weight is 291 g/mol. The molecule has 0 aliphatic rings. The van der Waals surface area contributed by atoms with Crippen molar-refractivity contribution in [1.29, 1.82) is 0 Å². The Morgan fingerprint density at radius 2 is 1.81 bits per heavy atom. The second kappa shape index (κ2) is 7.78. The van der Waals surface area contributed by atoms with Crippen molar-refractivity contribution in [3.8, 4) is 0 Å². The third-order valence-corrected chi connectivity index (χ3v) is 3.78. The van der Waals surface area contributed by atoms with Crippen LogP contribution in [0.25, 0.3) is 0 Å². The molecule has 0 spiro atoms. The van der Waals surface area contributed by atoms with Gasteiger partial charge in [-0.05, 0) is 18.4 Å². The fraction of sp³-hybridized carbons (Fsp3) is 0.500. The first-order valence-electron chi connectivity index (χ1n) is 7.19. The molecular formula is C16H25N3O2. The summed E-state index contributed by atoms with van der Waals surface area (Å²) in [6.45, 7) is 6.23. The lowest BCUT2D eigenvalue weighted by molar-refractivity contribution is -0.127. The first-order valence-corrected chi connectivity index (χ1v) is 7.19. The van der Waals surface area contributed by atoms with Crippen molar-refractivity contribution in [2.24, 2.45) is 11.7 Å². The molecule has 0 aromatic heterocycles. The molecule has 1 aromatic rings. The van der Waals surface area contributed by atoms with Crippen LogP contribution in [-0.2, 0) is 16.0 Å². The summed E-state index contributed by atoms with van der Waals surface area (Å²) in [5, 5.41) is 5.51. The minimum atomic E-state index is -0.457. The molecule has 0 fully saturated rings. The Morgan fingerprint density at radius 1 is 1.19 bits per heavy atom. The van der Waals surface area contributed by atoms with E-state index in [0.29, 0.717) is 6.54 Å². The van der Waals surface area contributed by atoms with Gasteiger partial charge in [0.1, 0.15) is 0 Å². The van der Waals surface area contributed by atoms with Crippen LogP contribution in [0.15, 0.2) is 30.3 Å². The molecule has 0 radical (unpaired) electrons. The zero-order valence-electron chi connectivity index (χ0n) is 13.0. The van der Waals surface area contributed by atoms with E-state index in [1.807, 2.05) is 51.1 Å². The van der Waals surface area contributed by atoms with Gasteiger partial charge in [-0.15, -0.1) is 0 Å². The zero-order chi connectivity index (χ0) is 15.9. The maximum Gasteiger partial charge on any atom is 0.239 e. The summed E-state index contributed by atoms with van der Waals surface area (Å²) in [6.07, 6.45) is 0.270. The first-order chi connectivity index (χ1) is 9.87. The summed E-state index contributed by atoms with van der Waals surface area (Å²) in [5.41, 5.74) is 6.18. The fourth-order valence-corrected chi connectivity index (χ4v) is 1.82. The molecule has 0 heterocycles. The molecule has 0 aliphatic carbocycles. The maximum atomic E-state index is 11.9. The van der Waals surface area contributed by atoms with Crippen LogP contribution in [0, 0.1) is 5.92 Å². The Bertz CT molecular complexity index is 474. The molecule has 5 nitrogen and oxygen atoms in total. The Balaban J connectivity index is 2.41. The Hall–Kier alpha value is -1.88. The smallest absolute Gasteiger partial charge is 0.239 e. The SMILES string of the molecule is CC(C)C(C)(CN)NC(=O)CNC(=O)Cc1ccccc1. The van der Waals surface area contributed by atoms with E-state index in [1.54, 1.807) is 0 Å². The van der Waals surface area contributed by atoms with E-state index in [4.69, 9.17) is 5.73 Å². The molecule has 2 amide bonds. The monoisotopic (exact) mass is 291 g/mol. The zero-order valence-corrected chi connectivity index (χ0v) is 13.0. The molecule has 5 heteroatoms. The number of rotatable bonds is 7. The minimum Gasteiger partial charge on any atom is -0.348 e. The molecule has 1 rings (SSSR count). The highest BCUT2D eigenvalue weighted by molar-refractivity contribution is 5.86. The topological polar surface area (TPSA) is 84.2 Å². The lowest BCUT2D eigenvalue weighted by Crippen LogP contribution is -2.56. The molecule has 1 unspecified atom stereocenters. The van der Waals surface area contributed by atoms with Crippen LogP contribution < -0.4 is 16.4 Å². The summed E-state index contributed by atoms with van der Waals surface area (Å²) in [6, 6.07) is 9.41. The number of nitrogens with two attached hydrogens (primary N) is 1. The Kier molecular flexibility index (Phi) is 6.37. The molecule has 0 saturated carbocycles. The van der Waals surface area contributed by atoms with Gasteiger partial charge in [-0.1, -0.05) is 44.2 Å². The minimum absolute atomic E-state index is 0.0338. The summed E-state index contributed by atoms with van der Waals surface area (Å²) < 4.78 is 0. The van der Waals surface area contributed by atoms with Crippen molar-refractivity contribution >= 4 is 11.8 Å². The lowest BCUT2D eigenvalue weighted by atomic mass is 9.88.